The summed E-state index contributed by atoms with van der Waals surface area (Å²) in [4.78, 5) is 121. The number of amides is 5. The quantitative estimate of drug-likeness (QED) is 0.0864. The van der Waals surface area contributed by atoms with Crippen molar-refractivity contribution < 1.29 is 78.5 Å². The molecule has 107 heavy (non-hydrogen) atoms. The van der Waals surface area contributed by atoms with E-state index in [0.29, 0.717) is 94.5 Å². The molecule has 2 aromatic carbocycles. The van der Waals surface area contributed by atoms with Crippen molar-refractivity contribution in [2.45, 2.75) is 214 Å². The van der Waals surface area contributed by atoms with Gasteiger partial charge in [0, 0.05) is 120 Å². The van der Waals surface area contributed by atoms with E-state index in [0.717, 1.165) is 80.7 Å². The maximum atomic E-state index is 14.0. The fourth-order valence-electron chi connectivity index (χ4n) is 12.4. The number of hydrogen-bond acceptors (Lipinski definition) is 20. The third-order valence-corrected chi connectivity index (χ3v) is 18.2. The van der Waals surface area contributed by atoms with Gasteiger partial charge in [-0.15, -0.1) is 0 Å². The van der Waals surface area contributed by atoms with Gasteiger partial charge in [0.15, 0.2) is 22.6 Å². The molecule has 0 saturated carbocycles. The number of carbonyl (C=O) groups is 7. The Morgan fingerprint density at radius 2 is 0.935 bits per heavy atom. The third kappa shape index (κ3) is 24.6. The molecule has 11 rings (SSSR count). The van der Waals surface area contributed by atoms with Gasteiger partial charge in [0.1, 0.15) is 34.3 Å². The number of benzene rings is 2. The van der Waals surface area contributed by atoms with Gasteiger partial charge in [0.25, 0.3) is 11.8 Å². The molecule has 9 heterocycles. The normalized spacial score (nSPS) is 19.6. The molecule has 4 fully saturated rings. The SMILES string of the molecule is CC(C)(C)OC(=O)N1CCC[C@@H](N)C1.Cc1cc(Cl)cnc1N(C(=O)c1ccc(C2=NOC(C)(C)C2=O)cc1)[C@@H]1CCCN(C(=O)OC(C)(C)C)C1.Cc1cc(Cl)cnc1N(C(=O)c1ccc(C2=NOC(C)(C)C2=O)cc1)[C@@H]1CCCNC1.Cc1cc(Cl)cnc1N[C@@H]1CCCN(C(=O)OC(C)(C)C)C1.[CH3-].[W]. The predicted molar refractivity (Wildman–Crippen MR) is 414 cm³/mol. The summed E-state index contributed by atoms with van der Waals surface area (Å²) in [5.74, 6) is 1.09. The summed E-state index contributed by atoms with van der Waals surface area (Å²) in [6.07, 6.45) is 11.0. The largest absolute Gasteiger partial charge is 0.444 e. The number of carbonyl (C=O) groups excluding carboxylic acids is 7. The van der Waals surface area contributed by atoms with Crippen LogP contribution in [0.5, 0.6) is 0 Å². The minimum Gasteiger partial charge on any atom is -0.444 e. The van der Waals surface area contributed by atoms with E-state index in [1.165, 1.54) is 6.20 Å². The number of rotatable bonds is 10. The number of ether oxygens (including phenoxy) is 3. The maximum Gasteiger partial charge on any atom is 0.410 e. The molecular weight excluding hydrogens is 1600 g/mol. The Bertz CT molecular complexity index is 4020. The minimum absolute atomic E-state index is 0. The maximum absolute atomic E-state index is 14.0. The molecule has 0 unspecified atom stereocenters. The molecule has 0 spiro atoms. The number of aromatic nitrogens is 3. The molecule has 4 atom stereocenters. The molecule has 582 valence electrons. The molecule has 25 nitrogen and oxygen atoms in total. The number of Topliss-reactive ketones (excluding diaryl/α,β-unsaturated/α-hetero) is 2. The average Bonchev–Trinajstić information content (AvgIpc) is 1.78. The zero-order chi connectivity index (χ0) is 77.1. The molecule has 6 aliphatic rings. The number of ketones is 2. The van der Waals surface area contributed by atoms with Crippen LogP contribution in [0.25, 0.3) is 0 Å². The smallest absolute Gasteiger partial charge is 0.410 e. The number of nitrogens with two attached hydrogens (primary N) is 1. The van der Waals surface area contributed by atoms with Gasteiger partial charge in [0.05, 0.1) is 27.2 Å². The van der Waals surface area contributed by atoms with Crippen molar-refractivity contribution in [2.75, 3.05) is 67.5 Å². The first kappa shape index (κ1) is 88.1. The van der Waals surface area contributed by atoms with Crippen LogP contribution < -0.4 is 26.2 Å². The molecule has 0 aliphatic carbocycles. The molecule has 4 N–H and O–H groups in total. The van der Waals surface area contributed by atoms with Crippen LogP contribution in [0.3, 0.4) is 0 Å². The number of piperidine rings is 4. The molecule has 5 amide bonds. The van der Waals surface area contributed by atoms with Crippen molar-refractivity contribution in [1.82, 2.24) is 35.0 Å². The second-order valence-electron chi connectivity index (χ2n) is 31.1. The Labute approximate surface area is 659 Å². The Hall–Kier alpha value is -7.80. The number of anilines is 3. The van der Waals surface area contributed by atoms with Crippen LogP contribution in [0.2, 0.25) is 15.1 Å². The van der Waals surface area contributed by atoms with E-state index in [1.54, 1.807) is 119 Å². The molecule has 0 bridgehead atoms. The summed E-state index contributed by atoms with van der Waals surface area (Å²) in [7, 11) is 0. The number of nitrogens with one attached hydrogen (secondary N) is 2. The zero-order valence-corrected chi connectivity index (χ0v) is 69.9. The average molecular weight is 1710 g/mol. The second-order valence-corrected chi connectivity index (χ2v) is 32.4. The first-order valence-corrected chi connectivity index (χ1v) is 36.8. The van der Waals surface area contributed by atoms with Crippen molar-refractivity contribution in [1.29, 1.82) is 0 Å². The molecular formula is C78H105Cl3N13O12W-. The van der Waals surface area contributed by atoms with Crippen molar-refractivity contribution in [2.24, 2.45) is 16.0 Å². The molecule has 5 aromatic rings. The van der Waals surface area contributed by atoms with Crippen LogP contribution in [-0.2, 0) is 54.5 Å². The molecule has 4 saturated heterocycles. The standard InChI is InChI=1S/C28H33ClN4O5.C23H25ClN4O3.C16H24ClN3O2.C10H20N2O2.CH3.W/c1-17-14-20(29)15-30-24(17)33(21-8-7-13-32(16-21)26(36)37-27(2,3)4)25(35)19-11-9-18(10-12-19)22-23(34)28(5,6)38-31-22;1-14-11-17(24)12-26-21(14)28(18-5-4-10-25-13-18)22(30)16-8-6-15(7-9-16)19-20(29)23(2,3)31-27-19;1-11-8-12(17)9-18-14(11)19-13-6-5-7-20(10-13)15(21)22-16(2,3)4;1-10(2,3)14-9(13)12-6-4-5-8(11)7-12;;/h9-12,14-15,21H,7-8,13,16H2,1-6H3;6-9,11-12,18,25H,4-5,10,13H2,1-3H3;8-9,13H,5-7,10H2,1-4H3,(H,18,19);8H,4-7,11H2,1-3H3;1H3;/q;;;;-1;/t21-;18-;13-;8-;;/m1111../s1. The van der Waals surface area contributed by atoms with Crippen LogP contribution in [0.4, 0.5) is 31.8 Å². The fourth-order valence-corrected chi connectivity index (χ4v) is 13.0. The van der Waals surface area contributed by atoms with E-state index in [9.17, 15) is 33.6 Å². The second kappa shape index (κ2) is 37.5. The topological polar surface area (TPSA) is 295 Å². The van der Waals surface area contributed by atoms with Crippen LogP contribution in [-0.4, -0.2) is 187 Å². The van der Waals surface area contributed by atoms with Gasteiger partial charge < -0.3 is 62.4 Å². The number of likely N-dealkylation sites (tertiary alicyclic amines) is 3. The van der Waals surface area contributed by atoms with E-state index < -0.39 is 34.1 Å². The summed E-state index contributed by atoms with van der Waals surface area (Å²) >= 11 is 18.2. The number of aryl methyl sites for hydroxylation is 3. The molecule has 3 aromatic heterocycles. The van der Waals surface area contributed by atoms with Gasteiger partial charge in [0.2, 0.25) is 11.6 Å². The first-order valence-electron chi connectivity index (χ1n) is 35.7. The van der Waals surface area contributed by atoms with Crippen LogP contribution in [0, 0.1) is 28.2 Å². The van der Waals surface area contributed by atoms with Crippen molar-refractivity contribution in [3.05, 3.63) is 147 Å². The van der Waals surface area contributed by atoms with Gasteiger partial charge in [-0.25, -0.2) is 29.3 Å². The minimum atomic E-state index is -1.01. The Balaban J connectivity index is 0.000000234. The molecule has 0 radical (unpaired) electrons. The number of nitrogens with zero attached hydrogens (tertiary/aromatic N) is 10. The summed E-state index contributed by atoms with van der Waals surface area (Å²) in [5, 5.41) is 16.3. The van der Waals surface area contributed by atoms with E-state index in [2.05, 4.69) is 35.9 Å². The van der Waals surface area contributed by atoms with Gasteiger partial charge in [-0.3, -0.25) is 29.0 Å². The summed E-state index contributed by atoms with van der Waals surface area (Å²) in [6, 6.07) is 19.0. The van der Waals surface area contributed by atoms with Crippen molar-refractivity contribution >= 4 is 105 Å². The third-order valence-electron chi connectivity index (χ3n) is 17.6. The van der Waals surface area contributed by atoms with Gasteiger partial charge in [-0.1, -0.05) is 69.4 Å². The Morgan fingerprint density at radius 3 is 1.32 bits per heavy atom. The Kier molecular flexibility index (Phi) is 30.9. The van der Waals surface area contributed by atoms with Gasteiger partial charge in [-0.05, 0) is 228 Å². The van der Waals surface area contributed by atoms with Gasteiger partial charge >= 0.3 is 18.3 Å². The van der Waals surface area contributed by atoms with E-state index in [1.807, 2.05) is 95.2 Å². The van der Waals surface area contributed by atoms with E-state index >= 15 is 0 Å². The molecule has 29 heteroatoms. The fraction of sp³-hybridized carbons (Fsp3) is 0.526. The Morgan fingerprint density at radius 1 is 0.551 bits per heavy atom. The number of hydrogen-bond donors (Lipinski definition) is 3. The van der Waals surface area contributed by atoms with Crippen molar-refractivity contribution in [3.8, 4) is 0 Å². The molecule has 6 aliphatic heterocycles. The monoisotopic (exact) mass is 1700 g/mol. The van der Waals surface area contributed by atoms with E-state index in [-0.39, 0.29) is 99.6 Å². The zero-order valence-electron chi connectivity index (χ0n) is 64.7. The van der Waals surface area contributed by atoms with Gasteiger partial charge in [-0.2, -0.15) is 0 Å². The number of oxime groups is 2. The number of pyridine rings is 3. The van der Waals surface area contributed by atoms with Crippen molar-refractivity contribution in [3.63, 3.8) is 0 Å². The predicted octanol–water partition coefficient (Wildman–Crippen LogP) is 14.3. The summed E-state index contributed by atoms with van der Waals surface area (Å²) in [5.41, 5.74) is 7.47. The first-order chi connectivity index (χ1) is 49.2. The van der Waals surface area contributed by atoms with Crippen LogP contribution in [0.1, 0.15) is 190 Å². The van der Waals surface area contributed by atoms with E-state index in [4.69, 9.17) is 64.4 Å². The number of halogens is 3. The van der Waals surface area contributed by atoms with Crippen LogP contribution in [0.15, 0.2) is 95.6 Å². The summed E-state index contributed by atoms with van der Waals surface area (Å²) < 4.78 is 16.3. The van der Waals surface area contributed by atoms with Crippen LogP contribution >= 0.6 is 34.8 Å². The summed E-state index contributed by atoms with van der Waals surface area (Å²) in [6.45, 7) is 34.4.